The Hall–Kier alpha value is -1.42. The topological polar surface area (TPSA) is 38.3 Å². The zero-order chi connectivity index (χ0) is 13.2. The third kappa shape index (κ3) is 2.70. The predicted octanol–water partition coefficient (Wildman–Crippen LogP) is 2.43. The van der Waals surface area contributed by atoms with Crippen LogP contribution < -0.4 is 5.32 Å². The molecule has 1 aliphatic rings. The third-order valence-corrected chi connectivity index (χ3v) is 3.52. The van der Waals surface area contributed by atoms with Crippen molar-refractivity contribution in [2.45, 2.75) is 32.2 Å². The van der Waals surface area contributed by atoms with E-state index in [0.29, 0.717) is 24.3 Å². The van der Waals surface area contributed by atoms with Crippen LogP contribution in [0.4, 0.5) is 4.39 Å². The number of hydrogen-bond donors (Lipinski definition) is 1. The maximum atomic E-state index is 13.4. The molecule has 0 unspecified atom stereocenters. The molecule has 0 aliphatic carbocycles. The second kappa shape index (κ2) is 5.06. The molecular formula is C14H18FNO2. The first kappa shape index (κ1) is 13.0. The van der Waals surface area contributed by atoms with Gasteiger partial charge in [-0.15, -0.1) is 0 Å². The van der Waals surface area contributed by atoms with Gasteiger partial charge >= 0.3 is 0 Å². The highest BCUT2D eigenvalue weighted by Crippen LogP contribution is 2.21. The van der Waals surface area contributed by atoms with Crippen molar-refractivity contribution in [1.82, 2.24) is 5.32 Å². The van der Waals surface area contributed by atoms with E-state index in [1.165, 1.54) is 6.07 Å². The molecule has 0 saturated carbocycles. The normalized spacial score (nSPS) is 18.4. The highest BCUT2D eigenvalue weighted by molar-refractivity contribution is 5.96. The number of nitrogens with one attached hydrogen (secondary N) is 1. The van der Waals surface area contributed by atoms with Gasteiger partial charge in [0, 0.05) is 24.3 Å². The minimum absolute atomic E-state index is 0.212. The smallest absolute Gasteiger partial charge is 0.252 e. The summed E-state index contributed by atoms with van der Waals surface area (Å²) in [6.45, 7) is 4.93. The summed E-state index contributed by atoms with van der Waals surface area (Å²) in [4.78, 5) is 12.2. The number of carbonyl (C=O) groups excluding carboxylic acids is 1. The number of amides is 1. The van der Waals surface area contributed by atoms with Gasteiger partial charge in [0.2, 0.25) is 0 Å². The number of hydrogen-bond acceptors (Lipinski definition) is 2. The second-order valence-electron chi connectivity index (χ2n) is 5.04. The molecule has 2 rings (SSSR count). The first-order chi connectivity index (χ1) is 8.52. The van der Waals surface area contributed by atoms with Gasteiger partial charge in [-0.2, -0.15) is 0 Å². The summed E-state index contributed by atoms with van der Waals surface area (Å²) in [5.74, 6) is -0.559. The van der Waals surface area contributed by atoms with E-state index in [0.717, 1.165) is 12.8 Å². The first-order valence-electron chi connectivity index (χ1n) is 6.17. The quantitative estimate of drug-likeness (QED) is 0.876. The van der Waals surface area contributed by atoms with Crippen molar-refractivity contribution in [3.8, 4) is 0 Å². The minimum atomic E-state index is -0.347. The summed E-state index contributed by atoms with van der Waals surface area (Å²) in [5, 5.41) is 2.99. The van der Waals surface area contributed by atoms with E-state index in [1.54, 1.807) is 19.1 Å². The largest absolute Gasteiger partial charge is 0.381 e. The Labute approximate surface area is 106 Å². The van der Waals surface area contributed by atoms with Crippen LogP contribution in [0.3, 0.4) is 0 Å². The van der Waals surface area contributed by atoms with Gasteiger partial charge in [-0.05, 0) is 44.4 Å². The van der Waals surface area contributed by atoms with E-state index in [2.05, 4.69) is 5.32 Å². The van der Waals surface area contributed by atoms with Crippen LogP contribution in [0.1, 0.15) is 35.7 Å². The number of rotatable bonds is 2. The molecule has 0 atom stereocenters. The molecular weight excluding hydrogens is 233 g/mol. The van der Waals surface area contributed by atoms with Crippen LogP contribution in [0.5, 0.6) is 0 Å². The monoisotopic (exact) mass is 251 g/mol. The SMILES string of the molecule is Cc1c(F)cccc1C(=O)NC1(C)CCOCC1. The number of halogens is 1. The van der Waals surface area contributed by atoms with Crippen LogP contribution in [0, 0.1) is 12.7 Å². The molecule has 3 nitrogen and oxygen atoms in total. The molecule has 98 valence electrons. The molecule has 1 aliphatic heterocycles. The Morgan fingerprint density at radius 3 is 2.72 bits per heavy atom. The van der Waals surface area contributed by atoms with Gasteiger partial charge in [0.05, 0.1) is 0 Å². The van der Waals surface area contributed by atoms with E-state index in [9.17, 15) is 9.18 Å². The standard InChI is InChI=1S/C14H18FNO2/c1-10-11(4-3-5-12(10)15)13(17)16-14(2)6-8-18-9-7-14/h3-5H,6-9H2,1-2H3,(H,16,17). The van der Waals surface area contributed by atoms with E-state index in [1.807, 2.05) is 6.92 Å². The Bertz CT molecular complexity index is 453. The molecule has 1 aromatic carbocycles. The van der Waals surface area contributed by atoms with Crippen molar-refractivity contribution in [3.05, 3.63) is 35.1 Å². The van der Waals surface area contributed by atoms with Gasteiger partial charge in [0.15, 0.2) is 0 Å². The maximum absolute atomic E-state index is 13.4. The highest BCUT2D eigenvalue weighted by atomic mass is 19.1. The molecule has 1 heterocycles. The molecule has 4 heteroatoms. The fourth-order valence-electron chi connectivity index (χ4n) is 2.14. The molecule has 1 fully saturated rings. The lowest BCUT2D eigenvalue weighted by atomic mass is 9.92. The number of carbonyl (C=O) groups is 1. The van der Waals surface area contributed by atoms with Gasteiger partial charge in [-0.1, -0.05) is 6.07 Å². The third-order valence-electron chi connectivity index (χ3n) is 3.52. The van der Waals surface area contributed by atoms with Crippen molar-refractivity contribution in [3.63, 3.8) is 0 Å². The van der Waals surface area contributed by atoms with Crippen molar-refractivity contribution in [2.24, 2.45) is 0 Å². The van der Waals surface area contributed by atoms with Crippen LogP contribution in [0.15, 0.2) is 18.2 Å². The summed E-state index contributed by atoms with van der Waals surface area (Å²) < 4.78 is 18.7. The molecule has 0 radical (unpaired) electrons. The van der Waals surface area contributed by atoms with Gasteiger partial charge < -0.3 is 10.1 Å². The molecule has 0 bridgehead atoms. The van der Waals surface area contributed by atoms with Crippen LogP contribution in [0.25, 0.3) is 0 Å². The Balaban J connectivity index is 2.14. The molecule has 0 aromatic heterocycles. The predicted molar refractivity (Wildman–Crippen MR) is 67.1 cm³/mol. The first-order valence-corrected chi connectivity index (χ1v) is 6.17. The summed E-state index contributed by atoms with van der Waals surface area (Å²) in [7, 11) is 0. The van der Waals surface area contributed by atoms with E-state index in [4.69, 9.17) is 4.74 Å². The van der Waals surface area contributed by atoms with E-state index < -0.39 is 0 Å². The minimum Gasteiger partial charge on any atom is -0.381 e. The van der Waals surface area contributed by atoms with Gasteiger partial charge in [-0.25, -0.2) is 4.39 Å². The molecule has 1 amide bonds. The average molecular weight is 251 g/mol. The van der Waals surface area contributed by atoms with Crippen molar-refractivity contribution >= 4 is 5.91 Å². The molecule has 1 N–H and O–H groups in total. The zero-order valence-corrected chi connectivity index (χ0v) is 10.8. The molecule has 0 spiro atoms. The Kier molecular flexibility index (Phi) is 3.66. The average Bonchev–Trinajstić information content (AvgIpc) is 2.33. The van der Waals surface area contributed by atoms with Crippen molar-refractivity contribution < 1.29 is 13.9 Å². The number of benzene rings is 1. The maximum Gasteiger partial charge on any atom is 0.252 e. The van der Waals surface area contributed by atoms with Crippen LogP contribution in [-0.4, -0.2) is 24.7 Å². The summed E-state index contributed by atoms with van der Waals surface area (Å²) in [5.41, 5.74) is 0.544. The summed E-state index contributed by atoms with van der Waals surface area (Å²) >= 11 is 0. The molecule has 1 saturated heterocycles. The van der Waals surface area contributed by atoms with Crippen molar-refractivity contribution in [2.75, 3.05) is 13.2 Å². The summed E-state index contributed by atoms with van der Waals surface area (Å²) in [6, 6.07) is 4.57. The van der Waals surface area contributed by atoms with Crippen LogP contribution in [-0.2, 0) is 4.74 Å². The van der Waals surface area contributed by atoms with Gasteiger partial charge in [0.25, 0.3) is 5.91 Å². The highest BCUT2D eigenvalue weighted by Gasteiger charge is 2.29. The number of ether oxygens (including phenoxy) is 1. The van der Waals surface area contributed by atoms with Gasteiger partial charge in [0.1, 0.15) is 5.82 Å². The fourth-order valence-corrected chi connectivity index (χ4v) is 2.14. The molecule has 18 heavy (non-hydrogen) atoms. The lowest BCUT2D eigenvalue weighted by molar-refractivity contribution is 0.0422. The zero-order valence-electron chi connectivity index (χ0n) is 10.8. The Morgan fingerprint density at radius 2 is 2.06 bits per heavy atom. The van der Waals surface area contributed by atoms with Crippen LogP contribution in [0.2, 0.25) is 0 Å². The fraction of sp³-hybridized carbons (Fsp3) is 0.500. The second-order valence-corrected chi connectivity index (χ2v) is 5.04. The van der Waals surface area contributed by atoms with Crippen molar-refractivity contribution in [1.29, 1.82) is 0 Å². The summed E-state index contributed by atoms with van der Waals surface area (Å²) in [6.07, 6.45) is 1.57. The lowest BCUT2D eigenvalue weighted by Gasteiger charge is -2.34. The van der Waals surface area contributed by atoms with Gasteiger partial charge in [-0.3, -0.25) is 4.79 Å². The molecule has 1 aromatic rings. The Morgan fingerprint density at radius 1 is 1.39 bits per heavy atom. The van der Waals surface area contributed by atoms with Crippen LogP contribution >= 0.6 is 0 Å². The van der Waals surface area contributed by atoms with E-state index in [-0.39, 0.29) is 17.3 Å². The lowest BCUT2D eigenvalue weighted by Crippen LogP contribution is -2.49. The van der Waals surface area contributed by atoms with E-state index >= 15 is 0 Å².